The predicted octanol–water partition coefficient (Wildman–Crippen LogP) is 3.23. The van der Waals surface area contributed by atoms with Crippen LogP contribution in [0.5, 0.6) is 0 Å². The highest BCUT2D eigenvalue weighted by Crippen LogP contribution is 2.22. The number of methoxy groups -OCH3 is 1. The molecule has 0 unspecified atom stereocenters. The van der Waals surface area contributed by atoms with Crippen molar-refractivity contribution in [3.05, 3.63) is 33.3 Å². The number of ether oxygens (including phenoxy) is 1. The van der Waals surface area contributed by atoms with E-state index in [0.717, 1.165) is 35.6 Å². The summed E-state index contributed by atoms with van der Waals surface area (Å²) < 4.78 is 5.90. The van der Waals surface area contributed by atoms with Crippen molar-refractivity contribution in [3.63, 3.8) is 0 Å². The summed E-state index contributed by atoms with van der Waals surface area (Å²) in [5.41, 5.74) is 1.20. The third kappa shape index (κ3) is 4.98. The van der Waals surface area contributed by atoms with Crippen molar-refractivity contribution >= 4 is 27.5 Å². The standard InChI is InChI=1S/C11H15BrClNO/c1-15-6-2-5-14-8-9-3-4-10(12)11(13)7-9/h3-4,7,14H,2,5-6,8H2,1H3. The number of benzene rings is 1. The number of rotatable bonds is 6. The fourth-order valence-corrected chi connectivity index (χ4v) is 1.67. The summed E-state index contributed by atoms with van der Waals surface area (Å²) in [6, 6.07) is 5.99. The normalized spacial score (nSPS) is 10.6. The first-order valence-electron chi connectivity index (χ1n) is 4.87. The lowest BCUT2D eigenvalue weighted by Crippen LogP contribution is -2.16. The van der Waals surface area contributed by atoms with Crippen molar-refractivity contribution in [1.82, 2.24) is 5.32 Å². The Hall–Kier alpha value is -0.0900. The van der Waals surface area contributed by atoms with Gasteiger partial charge in [0.25, 0.3) is 0 Å². The minimum absolute atomic E-state index is 0.756. The van der Waals surface area contributed by atoms with Crippen molar-refractivity contribution in [1.29, 1.82) is 0 Å². The summed E-state index contributed by atoms with van der Waals surface area (Å²) in [5, 5.41) is 4.08. The molecule has 0 atom stereocenters. The van der Waals surface area contributed by atoms with E-state index < -0.39 is 0 Å². The molecular weight excluding hydrogens is 277 g/mol. The molecule has 0 amide bonds. The summed E-state index contributed by atoms with van der Waals surface area (Å²) in [6.07, 6.45) is 1.03. The molecule has 0 aliphatic heterocycles. The molecule has 1 N–H and O–H groups in total. The van der Waals surface area contributed by atoms with Crippen molar-refractivity contribution in [3.8, 4) is 0 Å². The van der Waals surface area contributed by atoms with Gasteiger partial charge in [0, 0.05) is 24.7 Å². The molecule has 15 heavy (non-hydrogen) atoms. The summed E-state index contributed by atoms with van der Waals surface area (Å²) in [7, 11) is 1.72. The Kier molecular flexibility index (Phi) is 6.25. The number of nitrogens with one attached hydrogen (secondary N) is 1. The first kappa shape index (κ1) is 13.0. The van der Waals surface area contributed by atoms with Gasteiger partial charge in [-0.05, 0) is 46.6 Å². The highest BCUT2D eigenvalue weighted by Gasteiger charge is 1.98. The van der Waals surface area contributed by atoms with Gasteiger partial charge in [-0.1, -0.05) is 17.7 Å². The number of hydrogen-bond donors (Lipinski definition) is 1. The fraction of sp³-hybridized carbons (Fsp3) is 0.455. The molecule has 0 heterocycles. The van der Waals surface area contributed by atoms with Crippen LogP contribution in [0.1, 0.15) is 12.0 Å². The maximum atomic E-state index is 5.98. The summed E-state index contributed by atoms with van der Waals surface area (Å²) in [4.78, 5) is 0. The summed E-state index contributed by atoms with van der Waals surface area (Å²) in [5.74, 6) is 0. The van der Waals surface area contributed by atoms with E-state index in [1.165, 1.54) is 5.56 Å². The van der Waals surface area contributed by atoms with Crippen LogP contribution in [0.2, 0.25) is 5.02 Å². The van der Waals surface area contributed by atoms with Gasteiger partial charge in [0.15, 0.2) is 0 Å². The average molecular weight is 293 g/mol. The molecule has 0 saturated carbocycles. The molecule has 0 fully saturated rings. The lowest BCUT2D eigenvalue weighted by Gasteiger charge is -2.05. The Labute approximate surface area is 104 Å². The summed E-state index contributed by atoms with van der Waals surface area (Å²) in [6.45, 7) is 2.60. The Morgan fingerprint density at radius 1 is 1.47 bits per heavy atom. The number of halogens is 2. The topological polar surface area (TPSA) is 21.3 Å². The number of hydrogen-bond acceptors (Lipinski definition) is 2. The van der Waals surface area contributed by atoms with E-state index in [2.05, 4.69) is 27.3 Å². The quantitative estimate of drug-likeness (QED) is 0.813. The van der Waals surface area contributed by atoms with Crippen molar-refractivity contribution in [2.45, 2.75) is 13.0 Å². The van der Waals surface area contributed by atoms with Gasteiger partial charge in [0.2, 0.25) is 0 Å². The molecule has 0 aromatic heterocycles. The first-order chi connectivity index (χ1) is 7.24. The minimum Gasteiger partial charge on any atom is -0.385 e. The van der Waals surface area contributed by atoms with Gasteiger partial charge in [-0.25, -0.2) is 0 Å². The van der Waals surface area contributed by atoms with Crippen molar-refractivity contribution in [2.24, 2.45) is 0 Å². The van der Waals surface area contributed by atoms with E-state index in [0.29, 0.717) is 0 Å². The molecule has 0 spiro atoms. The molecule has 0 radical (unpaired) electrons. The van der Waals surface area contributed by atoms with Crippen LogP contribution in [-0.2, 0) is 11.3 Å². The van der Waals surface area contributed by atoms with Crippen LogP contribution in [0.4, 0.5) is 0 Å². The second kappa shape index (κ2) is 7.23. The molecule has 4 heteroatoms. The molecule has 0 aliphatic carbocycles. The fourth-order valence-electron chi connectivity index (χ4n) is 1.22. The van der Waals surface area contributed by atoms with Crippen LogP contribution in [0.25, 0.3) is 0 Å². The van der Waals surface area contributed by atoms with E-state index in [1.54, 1.807) is 7.11 Å². The molecule has 1 rings (SSSR count). The second-order valence-corrected chi connectivity index (χ2v) is 4.53. The molecule has 0 aliphatic rings. The van der Waals surface area contributed by atoms with Gasteiger partial charge in [-0.15, -0.1) is 0 Å². The minimum atomic E-state index is 0.756. The first-order valence-corrected chi connectivity index (χ1v) is 6.04. The summed E-state index contributed by atoms with van der Waals surface area (Å²) >= 11 is 9.34. The van der Waals surface area contributed by atoms with Gasteiger partial charge in [-0.2, -0.15) is 0 Å². The third-order valence-electron chi connectivity index (χ3n) is 2.02. The Morgan fingerprint density at radius 3 is 2.93 bits per heavy atom. The van der Waals surface area contributed by atoms with E-state index in [1.807, 2.05) is 12.1 Å². The highest BCUT2D eigenvalue weighted by molar-refractivity contribution is 9.10. The smallest absolute Gasteiger partial charge is 0.0551 e. The second-order valence-electron chi connectivity index (χ2n) is 3.27. The third-order valence-corrected chi connectivity index (χ3v) is 3.25. The molecule has 2 nitrogen and oxygen atoms in total. The van der Waals surface area contributed by atoms with E-state index in [4.69, 9.17) is 16.3 Å². The zero-order chi connectivity index (χ0) is 11.1. The van der Waals surface area contributed by atoms with Crippen LogP contribution in [0, 0.1) is 0 Å². The maximum Gasteiger partial charge on any atom is 0.0551 e. The predicted molar refractivity (Wildman–Crippen MR) is 67.4 cm³/mol. The van der Waals surface area contributed by atoms with Gasteiger partial charge in [-0.3, -0.25) is 0 Å². The van der Waals surface area contributed by atoms with Gasteiger partial charge < -0.3 is 10.1 Å². The largest absolute Gasteiger partial charge is 0.385 e. The molecule has 0 saturated heterocycles. The van der Waals surface area contributed by atoms with Crippen LogP contribution in [0.3, 0.4) is 0 Å². The Morgan fingerprint density at radius 2 is 2.27 bits per heavy atom. The average Bonchev–Trinajstić information content (AvgIpc) is 2.23. The lowest BCUT2D eigenvalue weighted by atomic mass is 10.2. The van der Waals surface area contributed by atoms with E-state index in [9.17, 15) is 0 Å². The maximum absolute atomic E-state index is 5.98. The molecule has 1 aromatic rings. The molecule has 0 bridgehead atoms. The zero-order valence-electron chi connectivity index (χ0n) is 8.72. The molecule has 84 valence electrons. The Balaban J connectivity index is 2.28. The highest BCUT2D eigenvalue weighted by atomic mass is 79.9. The van der Waals surface area contributed by atoms with Crippen molar-refractivity contribution < 1.29 is 4.74 Å². The van der Waals surface area contributed by atoms with Gasteiger partial charge in [0.05, 0.1) is 5.02 Å². The van der Waals surface area contributed by atoms with Crippen molar-refractivity contribution in [2.75, 3.05) is 20.3 Å². The van der Waals surface area contributed by atoms with Crippen LogP contribution in [0.15, 0.2) is 22.7 Å². The van der Waals surface area contributed by atoms with Crippen LogP contribution < -0.4 is 5.32 Å². The van der Waals surface area contributed by atoms with E-state index in [-0.39, 0.29) is 0 Å². The molecule has 1 aromatic carbocycles. The van der Waals surface area contributed by atoms with Gasteiger partial charge >= 0.3 is 0 Å². The van der Waals surface area contributed by atoms with E-state index >= 15 is 0 Å². The lowest BCUT2D eigenvalue weighted by molar-refractivity contribution is 0.194. The van der Waals surface area contributed by atoms with Crippen LogP contribution in [-0.4, -0.2) is 20.3 Å². The SMILES string of the molecule is COCCCNCc1ccc(Br)c(Cl)c1. The Bertz CT molecular complexity index is 307. The molecular formula is C11H15BrClNO. The van der Waals surface area contributed by atoms with Gasteiger partial charge in [0.1, 0.15) is 0 Å². The zero-order valence-corrected chi connectivity index (χ0v) is 11.1. The monoisotopic (exact) mass is 291 g/mol. The van der Waals surface area contributed by atoms with Crippen LogP contribution >= 0.6 is 27.5 Å².